The lowest BCUT2D eigenvalue weighted by Gasteiger charge is -2.18. The van der Waals surface area contributed by atoms with Gasteiger partial charge >= 0.3 is 6.61 Å². The quantitative estimate of drug-likeness (QED) is 0.280. The molecule has 0 saturated carbocycles. The minimum atomic E-state index is -3.07. The van der Waals surface area contributed by atoms with Crippen LogP contribution in [0.4, 0.5) is 8.78 Å². The van der Waals surface area contributed by atoms with E-state index in [0.717, 1.165) is 16.6 Å². The molecule has 0 fully saturated rings. The molecule has 0 radical (unpaired) electrons. The molecule has 0 bridgehead atoms. The van der Waals surface area contributed by atoms with Gasteiger partial charge in [-0.3, -0.25) is 4.79 Å². The highest BCUT2D eigenvalue weighted by Gasteiger charge is 2.43. The van der Waals surface area contributed by atoms with Crippen molar-refractivity contribution in [2.24, 2.45) is 0 Å². The average molecular weight is 513 g/mol. The fraction of sp³-hybridized carbons (Fsp3) is 0.167. The number of ether oxygens (including phenoxy) is 3. The molecule has 0 unspecified atom stereocenters. The lowest BCUT2D eigenvalue weighted by molar-refractivity contribution is -0.125. The second-order valence-corrected chi connectivity index (χ2v) is 9.16. The van der Waals surface area contributed by atoms with Crippen LogP contribution in [-0.4, -0.2) is 23.0 Å². The molecule has 8 heteroatoms. The molecular formula is C30H22F2N2O4. The van der Waals surface area contributed by atoms with Crippen molar-refractivity contribution in [3.8, 4) is 17.6 Å². The van der Waals surface area contributed by atoms with Crippen molar-refractivity contribution in [2.45, 2.75) is 32.7 Å². The normalized spacial score (nSPS) is 14.5. The van der Waals surface area contributed by atoms with Crippen molar-refractivity contribution in [3.05, 3.63) is 101 Å². The maximum atomic E-state index is 13.3. The van der Waals surface area contributed by atoms with Crippen LogP contribution in [-0.2, 0) is 16.1 Å². The Balaban J connectivity index is 1.42. The molecule has 5 rings (SSSR count). The number of halogens is 2. The number of hydrogen-bond donors (Lipinski definition) is 0. The number of aromatic nitrogens is 1. The summed E-state index contributed by atoms with van der Waals surface area (Å²) >= 11 is 0. The molecule has 190 valence electrons. The van der Waals surface area contributed by atoms with Crippen LogP contribution in [0.2, 0.25) is 0 Å². The van der Waals surface area contributed by atoms with Gasteiger partial charge in [-0.25, -0.2) is 4.98 Å². The molecular weight excluding hydrogens is 490 g/mol. The maximum absolute atomic E-state index is 13.3. The van der Waals surface area contributed by atoms with Crippen molar-refractivity contribution < 1.29 is 27.8 Å². The Kier molecular flexibility index (Phi) is 6.52. The number of para-hydroxylation sites is 1. The summed E-state index contributed by atoms with van der Waals surface area (Å²) in [5, 5.41) is 10.5. The Morgan fingerprint density at radius 1 is 1.00 bits per heavy atom. The summed E-state index contributed by atoms with van der Waals surface area (Å²) in [4.78, 5) is 17.9. The van der Waals surface area contributed by atoms with Crippen molar-refractivity contribution in [1.82, 2.24) is 4.98 Å². The molecule has 0 N–H and O–H groups in total. The molecule has 6 nitrogen and oxygen atoms in total. The molecule has 3 aromatic carbocycles. The Labute approximate surface area is 217 Å². The number of nitrogens with zero attached hydrogens (tertiary/aromatic N) is 2. The van der Waals surface area contributed by atoms with Crippen LogP contribution in [0, 0.1) is 11.3 Å². The number of pyridine rings is 1. The smallest absolute Gasteiger partial charge is 0.387 e. The van der Waals surface area contributed by atoms with Gasteiger partial charge in [0.05, 0.1) is 22.3 Å². The van der Waals surface area contributed by atoms with Crippen molar-refractivity contribution in [2.75, 3.05) is 0 Å². The maximum Gasteiger partial charge on any atom is 0.387 e. The summed E-state index contributed by atoms with van der Waals surface area (Å²) in [6.07, 6.45) is 0. The van der Waals surface area contributed by atoms with Gasteiger partial charge in [0.1, 0.15) is 29.9 Å². The first kappa shape index (κ1) is 24.9. The van der Waals surface area contributed by atoms with E-state index in [-0.39, 0.29) is 29.5 Å². The van der Waals surface area contributed by atoms with Gasteiger partial charge in [-0.15, -0.1) is 0 Å². The average Bonchev–Trinajstić information content (AvgIpc) is 3.16. The molecule has 1 aromatic heterocycles. The van der Waals surface area contributed by atoms with Crippen LogP contribution < -0.4 is 9.47 Å². The monoisotopic (exact) mass is 512 g/mol. The number of carbonyl (C=O) groups excluding carboxylic acids is 1. The minimum absolute atomic E-state index is 0.0959. The lowest BCUT2D eigenvalue weighted by atomic mass is 9.92. The zero-order valence-corrected chi connectivity index (χ0v) is 20.6. The molecule has 0 spiro atoms. The first-order valence-corrected chi connectivity index (χ1v) is 11.8. The minimum Gasteiger partial charge on any atom is -0.487 e. The SMILES string of the molecule is CC1(C)OC(c2ccc(OC(F)F)c(C#N)c2)=C(c2ccc(OCc3ccc4ccccc4n3)cc2)C1=O. The highest BCUT2D eigenvalue weighted by atomic mass is 19.3. The zero-order valence-electron chi connectivity index (χ0n) is 20.6. The second kappa shape index (κ2) is 9.94. The topological polar surface area (TPSA) is 81.4 Å². The zero-order chi connectivity index (χ0) is 26.9. The number of nitriles is 1. The van der Waals surface area contributed by atoms with E-state index < -0.39 is 12.2 Å². The van der Waals surface area contributed by atoms with Crippen LogP contribution >= 0.6 is 0 Å². The highest BCUT2D eigenvalue weighted by molar-refractivity contribution is 6.32. The summed E-state index contributed by atoms with van der Waals surface area (Å²) in [6, 6.07) is 24.7. The third-order valence-corrected chi connectivity index (χ3v) is 6.12. The number of hydrogen-bond acceptors (Lipinski definition) is 6. The van der Waals surface area contributed by atoms with Gasteiger partial charge in [0.15, 0.2) is 5.60 Å². The first-order chi connectivity index (χ1) is 18.2. The Bertz CT molecular complexity index is 1610. The fourth-order valence-corrected chi connectivity index (χ4v) is 4.24. The summed E-state index contributed by atoms with van der Waals surface area (Å²) in [6.45, 7) is 0.506. The van der Waals surface area contributed by atoms with E-state index >= 15 is 0 Å². The second-order valence-electron chi connectivity index (χ2n) is 9.16. The fourth-order valence-electron chi connectivity index (χ4n) is 4.24. The van der Waals surface area contributed by atoms with E-state index in [0.29, 0.717) is 22.4 Å². The number of benzene rings is 3. The van der Waals surface area contributed by atoms with Gasteiger partial charge in [-0.1, -0.05) is 36.4 Å². The van der Waals surface area contributed by atoms with E-state index in [1.807, 2.05) is 42.5 Å². The number of rotatable bonds is 7. The summed E-state index contributed by atoms with van der Waals surface area (Å²) in [5.41, 5.74) is 1.75. The molecule has 0 saturated heterocycles. The molecule has 4 aromatic rings. The summed E-state index contributed by atoms with van der Waals surface area (Å²) in [5.74, 6) is 0.359. The number of fused-ring (bicyclic) bond motifs is 1. The number of ketones is 1. The van der Waals surface area contributed by atoms with E-state index in [1.54, 1.807) is 38.1 Å². The van der Waals surface area contributed by atoms with Crippen LogP contribution in [0.5, 0.6) is 11.5 Å². The van der Waals surface area contributed by atoms with Crippen molar-refractivity contribution in [1.29, 1.82) is 5.26 Å². The molecule has 1 aliphatic heterocycles. The van der Waals surface area contributed by atoms with E-state index in [2.05, 4.69) is 9.72 Å². The van der Waals surface area contributed by atoms with Gasteiger partial charge in [-0.05, 0) is 61.9 Å². The van der Waals surface area contributed by atoms with Crippen LogP contribution in [0.3, 0.4) is 0 Å². The van der Waals surface area contributed by atoms with Gasteiger partial charge < -0.3 is 14.2 Å². The molecule has 0 amide bonds. The Morgan fingerprint density at radius 2 is 1.74 bits per heavy atom. The molecule has 0 aliphatic carbocycles. The summed E-state index contributed by atoms with van der Waals surface area (Å²) < 4.78 is 41.7. The Hall–Kier alpha value is -4.77. The van der Waals surface area contributed by atoms with E-state index in [4.69, 9.17) is 9.47 Å². The number of carbonyl (C=O) groups is 1. The van der Waals surface area contributed by atoms with Gasteiger partial charge in [-0.2, -0.15) is 14.0 Å². The third kappa shape index (κ3) is 4.91. The molecule has 1 aliphatic rings. The van der Waals surface area contributed by atoms with Crippen LogP contribution in [0.25, 0.3) is 22.2 Å². The van der Waals surface area contributed by atoms with Crippen LogP contribution in [0.1, 0.15) is 36.2 Å². The van der Waals surface area contributed by atoms with Crippen molar-refractivity contribution >= 4 is 28.0 Å². The van der Waals surface area contributed by atoms with Gasteiger partial charge in [0, 0.05) is 10.9 Å². The van der Waals surface area contributed by atoms with Crippen molar-refractivity contribution in [3.63, 3.8) is 0 Å². The predicted octanol–water partition coefficient (Wildman–Crippen LogP) is 6.53. The molecule has 2 heterocycles. The third-order valence-electron chi connectivity index (χ3n) is 6.12. The van der Waals surface area contributed by atoms with Crippen LogP contribution in [0.15, 0.2) is 78.9 Å². The van der Waals surface area contributed by atoms with E-state index in [1.165, 1.54) is 18.2 Å². The molecule has 38 heavy (non-hydrogen) atoms. The Morgan fingerprint density at radius 3 is 2.47 bits per heavy atom. The highest BCUT2D eigenvalue weighted by Crippen LogP contribution is 2.42. The summed E-state index contributed by atoms with van der Waals surface area (Å²) in [7, 11) is 0. The first-order valence-electron chi connectivity index (χ1n) is 11.8. The van der Waals surface area contributed by atoms with Gasteiger partial charge in [0.2, 0.25) is 5.78 Å². The standard InChI is InChI=1S/C30H22F2N2O4/c1-30(2)28(35)26(27(38-30)20-10-14-25(37-29(31)32)21(15-20)16-33)19-8-12-23(13-9-19)36-17-22-11-7-18-5-3-4-6-24(18)34-22/h3-15,29H,17H2,1-2H3. The number of alkyl halides is 2. The van der Waals surface area contributed by atoms with E-state index in [9.17, 15) is 18.8 Å². The predicted molar refractivity (Wildman–Crippen MR) is 137 cm³/mol. The largest absolute Gasteiger partial charge is 0.487 e. The number of Topliss-reactive ketones (excluding diaryl/α,β-unsaturated/α-hetero) is 1. The molecule has 0 atom stereocenters. The lowest BCUT2D eigenvalue weighted by Crippen LogP contribution is -2.29. The van der Waals surface area contributed by atoms with Gasteiger partial charge in [0.25, 0.3) is 0 Å².